The molecule has 0 saturated carbocycles. The number of amides is 1. The monoisotopic (exact) mass is 277 g/mol. The minimum absolute atomic E-state index is 0.0833. The predicted octanol–water partition coefficient (Wildman–Crippen LogP) is 2.62. The lowest BCUT2D eigenvalue weighted by Crippen LogP contribution is -2.34. The Hall–Kier alpha value is -2.80. The third-order valence-electron chi connectivity index (χ3n) is 3.77. The highest BCUT2D eigenvalue weighted by Crippen LogP contribution is 2.31. The number of nitrogen functional groups attached to an aromatic ring is 1. The van der Waals surface area contributed by atoms with Gasteiger partial charge in [-0.1, -0.05) is 18.2 Å². The van der Waals surface area contributed by atoms with Crippen molar-refractivity contribution < 1.29 is 4.79 Å². The number of nitrogens with two attached hydrogens (primary N) is 1. The van der Waals surface area contributed by atoms with Crippen molar-refractivity contribution in [2.24, 2.45) is 0 Å². The molecule has 2 N–H and O–H groups in total. The van der Waals surface area contributed by atoms with Gasteiger partial charge in [-0.15, -0.1) is 0 Å². The summed E-state index contributed by atoms with van der Waals surface area (Å²) in [5, 5.41) is 9.18. The fraction of sp³-hybridized carbons (Fsp3) is 0.176. The van der Waals surface area contributed by atoms with Gasteiger partial charge >= 0.3 is 0 Å². The van der Waals surface area contributed by atoms with E-state index in [1.807, 2.05) is 30.3 Å². The molecule has 0 bridgehead atoms. The van der Waals surface area contributed by atoms with Crippen molar-refractivity contribution in [3.63, 3.8) is 0 Å². The number of fused-ring (bicyclic) bond motifs is 1. The van der Waals surface area contributed by atoms with E-state index in [9.17, 15) is 10.1 Å². The zero-order valence-corrected chi connectivity index (χ0v) is 11.5. The molecule has 2 aromatic rings. The maximum absolute atomic E-state index is 12.3. The SMILES string of the molecule is N#Cc1ccccc1CN1C(=O)CCc2cc(N)ccc21. The molecule has 2 aromatic carbocycles. The van der Waals surface area contributed by atoms with Crippen LogP contribution in [0.1, 0.15) is 23.1 Å². The van der Waals surface area contributed by atoms with Crippen molar-refractivity contribution in [3.8, 4) is 6.07 Å². The molecule has 0 saturated heterocycles. The molecule has 1 aliphatic rings. The van der Waals surface area contributed by atoms with E-state index in [0.29, 0.717) is 24.2 Å². The van der Waals surface area contributed by atoms with Crippen LogP contribution in [0, 0.1) is 11.3 Å². The molecule has 1 aliphatic heterocycles. The summed E-state index contributed by atoms with van der Waals surface area (Å²) in [5.74, 6) is 0.0833. The van der Waals surface area contributed by atoms with Crippen LogP contribution < -0.4 is 10.6 Å². The molecule has 104 valence electrons. The number of hydrogen-bond acceptors (Lipinski definition) is 3. The van der Waals surface area contributed by atoms with E-state index in [4.69, 9.17) is 5.73 Å². The molecule has 4 nitrogen and oxygen atoms in total. The normalized spacial score (nSPS) is 13.7. The van der Waals surface area contributed by atoms with Crippen molar-refractivity contribution in [2.45, 2.75) is 19.4 Å². The standard InChI is InChI=1S/C17H15N3O/c18-10-13-3-1-2-4-14(13)11-20-16-7-6-15(19)9-12(16)5-8-17(20)21/h1-4,6-7,9H,5,8,11,19H2. The van der Waals surface area contributed by atoms with Crippen LogP contribution in [0.4, 0.5) is 11.4 Å². The van der Waals surface area contributed by atoms with Crippen LogP contribution in [0.15, 0.2) is 42.5 Å². The minimum atomic E-state index is 0.0833. The number of carbonyl (C=O) groups is 1. The topological polar surface area (TPSA) is 70.1 Å². The fourth-order valence-corrected chi connectivity index (χ4v) is 2.69. The second kappa shape index (κ2) is 5.29. The van der Waals surface area contributed by atoms with Gasteiger partial charge in [-0.2, -0.15) is 5.26 Å². The average Bonchev–Trinajstić information content (AvgIpc) is 2.50. The van der Waals surface area contributed by atoms with Gasteiger partial charge in [0.15, 0.2) is 0 Å². The van der Waals surface area contributed by atoms with E-state index in [-0.39, 0.29) is 5.91 Å². The first-order valence-electron chi connectivity index (χ1n) is 6.86. The number of anilines is 2. The molecule has 0 spiro atoms. The maximum Gasteiger partial charge on any atom is 0.227 e. The lowest BCUT2D eigenvalue weighted by molar-refractivity contribution is -0.119. The average molecular weight is 277 g/mol. The van der Waals surface area contributed by atoms with Crippen molar-refractivity contribution in [1.29, 1.82) is 5.26 Å². The van der Waals surface area contributed by atoms with Crippen LogP contribution in [0.3, 0.4) is 0 Å². The first-order chi connectivity index (χ1) is 10.2. The lowest BCUT2D eigenvalue weighted by Gasteiger charge is -2.30. The smallest absolute Gasteiger partial charge is 0.227 e. The van der Waals surface area contributed by atoms with Crippen LogP contribution in [0.2, 0.25) is 0 Å². The van der Waals surface area contributed by atoms with E-state index in [2.05, 4.69) is 6.07 Å². The molecule has 1 amide bonds. The van der Waals surface area contributed by atoms with Crippen molar-refractivity contribution in [3.05, 3.63) is 59.2 Å². The van der Waals surface area contributed by atoms with Crippen molar-refractivity contribution in [2.75, 3.05) is 10.6 Å². The summed E-state index contributed by atoms with van der Waals surface area (Å²) in [6.45, 7) is 0.416. The molecule has 0 aliphatic carbocycles. The first-order valence-corrected chi connectivity index (χ1v) is 6.86. The number of nitriles is 1. The van der Waals surface area contributed by atoms with Gasteiger partial charge in [0.05, 0.1) is 18.2 Å². The third kappa shape index (κ3) is 2.46. The zero-order chi connectivity index (χ0) is 14.8. The third-order valence-corrected chi connectivity index (χ3v) is 3.77. The van der Waals surface area contributed by atoms with Crippen LogP contribution in [-0.4, -0.2) is 5.91 Å². The highest BCUT2D eigenvalue weighted by atomic mass is 16.2. The van der Waals surface area contributed by atoms with Gasteiger partial charge in [0, 0.05) is 17.8 Å². The highest BCUT2D eigenvalue weighted by Gasteiger charge is 2.24. The van der Waals surface area contributed by atoms with Crippen LogP contribution in [0.25, 0.3) is 0 Å². The predicted molar refractivity (Wildman–Crippen MR) is 81.5 cm³/mol. The number of hydrogen-bond donors (Lipinski definition) is 1. The number of nitrogens with zero attached hydrogens (tertiary/aromatic N) is 2. The molecule has 4 heteroatoms. The molecule has 0 radical (unpaired) electrons. The van der Waals surface area contributed by atoms with Gasteiger partial charge in [-0.3, -0.25) is 4.79 Å². The molecule has 0 unspecified atom stereocenters. The zero-order valence-electron chi connectivity index (χ0n) is 11.5. The summed E-state index contributed by atoms with van der Waals surface area (Å²) in [6.07, 6.45) is 1.20. The fourth-order valence-electron chi connectivity index (χ4n) is 2.69. The molecular formula is C17H15N3O. The van der Waals surface area contributed by atoms with Gasteiger partial charge in [0.1, 0.15) is 0 Å². The Morgan fingerprint density at radius 3 is 2.81 bits per heavy atom. The van der Waals surface area contributed by atoms with Gasteiger partial charge in [0.2, 0.25) is 5.91 Å². The lowest BCUT2D eigenvalue weighted by atomic mass is 9.99. The highest BCUT2D eigenvalue weighted by molar-refractivity contribution is 5.96. The van der Waals surface area contributed by atoms with Gasteiger partial charge in [-0.25, -0.2) is 0 Å². The van der Waals surface area contributed by atoms with Gasteiger partial charge in [0.25, 0.3) is 0 Å². The Kier molecular flexibility index (Phi) is 3.33. The van der Waals surface area contributed by atoms with Crippen molar-refractivity contribution in [1.82, 2.24) is 0 Å². The number of carbonyl (C=O) groups excluding carboxylic acids is 1. The summed E-state index contributed by atoms with van der Waals surface area (Å²) >= 11 is 0. The summed E-state index contributed by atoms with van der Waals surface area (Å²) in [4.78, 5) is 14.0. The second-order valence-electron chi connectivity index (χ2n) is 5.14. The van der Waals surface area contributed by atoms with E-state index in [0.717, 1.165) is 23.2 Å². The van der Waals surface area contributed by atoms with E-state index >= 15 is 0 Å². The Labute approximate surface area is 123 Å². The maximum atomic E-state index is 12.3. The quantitative estimate of drug-likeness (QED) is 0.858. The van der Waals surface area contributed by atoms with E-state index in [1.165, 1.54) is 0 Å². The van der Waals surface area contributed by atoms with E-state index < -0.39 is 0 Å². The van der Waals surface area contributed by atoms with E-state index in [1.54, 1.807) is 17.0 Å². The molecular weight excluding hydrogens is 262 g/mol. The summed E-state index contributed by atoms with van der Waals surface area (Å²) in [7, 11) is 0. The summed E-state index contributed by atoms with van der Waals surface area (Å²) in [6, 6.07) is 15.2. The summed E-state index contributed by atoms with van der Waals surface area (Å²) in [5.41, 5.74) is 9.97. The Morgan fingerprint density at radius 2 is 2.00 bits per heavy atom. The van der Waals surface area contributed by atoms with Gasteiger partial charge < -0.3 is 10.6 Å². The number of benzene rings is 2. The van der Waals surface area contributed by atoms with Crippen molar-refractivity contribution >= 4 is 17.3 Å². The van der Waals surface area contributed by atoms with Crippen LogP contribution in [-0.2, 0) is 17.8 Å². The minimum Gasteiger partial charge on any atom is -0.399 e. The second-order valence-corrected chi connectivity index (χ2v) is 5.14. The molecule has 21 heavy (non-hydrogen) atoms. The molecule has 0 aromatic heterocycles. The summed E-state index contributed by atoms with van der Waals surface area (Å²) < 4.78 is 0. The molecule has 3 rings (SSSR count). The van der Waals surface area contributed by atoms with Crippen LogP contribution in [0.5, 0.6) is 0 Å². The first kappa shape index (κ1) is 13.2. The number of aryl methyl sites for hydroxylation is 1. The molecule has 0 fully saturated rings. The van der Waals surface area contributed by atoms with Crippen LogP contribution >= 0.6 is 0 Å². The largest absolute Gasteiger partial charge is 0.399 e. The molecule has 1 heterocycles. The van der Waals surface area contributed by atoms with Gasteiger partial charge in [-0.05, 0) is 41.8 Å². The molecule has 0 atom stereocenters. The Bertz CT molecular complexity index is 746. The Balaban J connectivity index is 1.99. The number of rotatable bonds is 2. The Morgan fingerprint density at radius 1 is 1.19 bits per heavy atom.